The Kier molecular flexibility index (Phi) is 9.09. The van der Waals surface area contributed by atoms with Gasteiger partial charge >= 0.3 is 5.97 Å². The highest BCUT2D eigenvalue weighted by Crippen LogP contribution is 2.42. The van der Waals surface area contributed by atoms with E-state index in [1.165, 1.54) is 22.2 Å². The van der Waals surface area contributed by atoms with Gasteiger partial charge in [-0.25, -0.2) is 9.78 Å². The third-order valence-electron chi connectivity index (χ3n) is 7.74. The van der Waals surface area contributed by atoms with Crippen molar-refractivity contribution >= 4 is 33.0 Å². The minimum Gasteiger partial charge on any atom is -0.512 e. The zero-order valence-electron chi connectivity index (χ0n) is 23.4. The molecule has 0 saturated carbocycles. The Morgan fingerprint density at radius 3 is 2.17 bits per heavy atom. The van der Waals surface area contributed by atoms with Crippen LogP contribution in [0.15, 0.2) is 112 Å². The fourth-order valence-corrected chi connectivity index (χ4v) is 7.44. The van der Waals surface area contributed by atoms with Gasteiger partial charge in [0.2, 0.25) is 0 Å². The van der Waals surface area contributed by atoms with E-state index < -0.39 is 27.5 Å². The minimum atomic E-state index is -3.84. The summed E-state index contributed by atoms with van der Waals surface area (Å²) in [5.74, 6) is -0.963. The number of aliphatic hydroxyl groups is 1. The molecule has 2 N–H and O–H groups in total. The maximum Gasteiger partial charge on any atom is 0.338 e. The second-order valence-electron chi connectivity index (χ2n) is 10.6. The van der Waals surface area contributed by atoms with E-state index in [0.29, 0.717) is 43.4 Å². The normalized spacial score (nSPS) is 15.7. The molecule has 218 valence electrons. The van der Waals surface area contributed by atoms with Crippen molar-refractivity contribution < 1.29 is 23.1 Å². The number of aromatic nitrogens is 1. The van der Waals surface area contributed by atoms with Gasteiger partial charge in [0.25, 0.3) is 10.0 Å². The van der Waals surface area contributed by atoms with Gasteiger partial charge in [-0.05, 0) is 60.9 Å². The first-order valence-electron chi connectivity index (χ1n) is 14.0. The third kappa shape index (κ3) is 6.91. The maximum atomic E-state index is 13.7. The van der Waals surface area contributed by atoms with Crippen LogP contribution in [0.5, 0.6) is 0 Å². The van der Waals surface area contributed by atoms with Gasteiger partial charge < -0.3 is 9.84 Å². The lowest BCUT2D eigenvalue weighted by Gasteiger charge is -2.39. The predicted octanol–water partition coefficient (Wildman–Crippen LogP) is 7.20. The number of cyclic esters (lactones) is 1. The Hall–Kier alpha value is -3.95. The number of nitrogens with one attached hydrogen (secondary N) is 1. The van der Waals surface area contributed by atoms with Crippen LogP contribution in [0.2, 0.25) is 0 Å². The molecular weight excluding hydrogens is 569 g/mol. The molecule has 1 aliphatic heterocycles. The van der Waals surface area contributed by atoms with Gasteiger partial charge in [0, 0.05) is 23.4 Å². The van der Waals surface area contributed by atoms with Crippen LogP contribution in [-0.4, -0.2) is 30.1 Å². The maximum absolute atomic E-state index is 13.7. The summed E-state index contributed by atoms with van der Waals surface area (Å²) in [6, 6.07) is 27.0. The molecule has 5 rings (SSSR count). The second kappa shape index (κ2) is 12.9. The van der Waals surface area contributed by atoms with E-state index in [0.717, 1.165) is 11.1 Å². The van der Waals surface area contributed by atoms with E-state index in [-0.39, 0.29) is 22.8 Å². The van der Waals surface area contributed by atoms with Crippen molar-refractivity contribution in [3.63, 3.8) is 0 Å². The number of nitrogens with zero attached hydrogens (tertiary/aromatic N) is 1. The number of esters is 1. The van der Waals surface area contributed by atoms with Gasteiger partial charge in [0.1, 0.15) is 11.4 Å². The number of carbonyl (C=O) groups is 1. The standard InChI is InChI=1S/C33H34N2O5S2/c1-2-28(26-14-9-15-27(20-26)35-42(38,39)30-22-41-23-34-30)31-29(36)21-33(40-32(31)37,18-16-24-10-5-3-6-11-24)19-17-25-12-7-4-8-13-25/h3-15,20,22-23,28,35-36H,2,16-19,21H2,1H3. The van der Waals surface area contributed by atoms with Crippen molar-refractivity contribution in [1.29, 1.82) is 0 Å². The van der Waals surface area contributed by atoms with E-state index in [2.05, 4.69) is 34.0 Å². The Balaban J connectivity index is 1.41. The van der Waals surface area contributed by atoms with Crippen LogP contribution in [0.4, 0.5) is 5.69 Å². The van der Waals surface area contributed by atoms with Gasteiger partial charge in [0.15, 0.2) is 5.03 Å². The highest BCUT2D eigenvalue weighted by atomic mass is 32.2. The summed E-state index contributed by atoms with van der Waals surface area (Å²) < 4.78 is 34.3. The number of rotatable bonds is 12. The highest BCUT2D eigenvalue weighted by Gasteiger charge is 2.43. The van der Waals surface area contributed by atoms with Crippen LogP contribution in [0, 0.1) is 0 Å². The molecule has 1 atom stereocenters. The Morgan fingerprint density at radius 1 is 0.976 bits per heavy atom. The molecule has 9 heteroatoms. The smallest absolute Gasteiger partial charge is 0.338 e. The van der Waals surface area contributed by atoms with E-state index in [1.54, 1.807) is 18.2 Å². The molecule has 0 fully saturated rings. The molecule has 3 aromatic carbocycles. The number of aliphatic hydroxyl groups excluding tert-OH is 1. The molecule has 1 aromatic heterocycles. The fraction of sp³-hybridized carbons (Fsp3) is 0.273. The quantitative estimate of drug-likeness (QED) is 0.166. The number of sulfonamides is 1. The van der Waals surface area contributed by atoms with Crippen LogP contribution in [-0.2, 0) is 32.4 Å². The zero-order valence-corrected chi connectivity index (χ0v) is 25.0. The molecule has 0 spiro atoms. The van der Waals surface area contributed by atoms with Crippen LogP contribution in [0.25, 0.3) is 0 Å². The first kappa shape index (κ1) is 29.5. The number of thiazole rings is 1. The Morgan fingerprint density at radius 2 is 1.62 bits per heavy atom. The highest BCUT2D eigenvalue weighted by molar-refractivity contribution is 7.92. The Labute approximate surface area is 251 Å². The van der Waals surface area contributed by atoms with Crippen molar-refractivity contribution in [2.24, 2.45) is 0 Å². The average molecular weight is 603 g/mol. The van der Waals surface area contributed by atoms with Crippen molar-refractivity contribution in [3.05, 3.63) is 124 Å². The molecule has 4 aromatic rings. The summed E-state index contributed by atoms with van der Waals surface area (Å²) in [6.45, 7) is 1.93. The molecule has 7 nitrogen and oxygen atoms in total. The molecule has 42 heavy (non-hydrogen) atoms. The molecule has 0 radical (unpaired) electrons. The molecule has 0 saturated heterocycles. The predicted molar refractivity (Wildman–Crippen MR) is 165 cm³/mol. The Bertz CT molecular complexity index is 1590. The number of benzene rings is 3. The minimum absolute atomic E-state index is 0.0349. The largest absolute Gasteiger partial charge is 0.512 e. The first-order chi connectivity index (χ1) is 20.3. The van der Waals surface area contributed by atoms with E-state index in [1.807, 2.05) is 49.4 Å². The van der Waals surface area contributed by atoms with Gasteiger partial charge in [-0.15, -0.1) is 11.3 Å². The number of ether oxygens (including phenoxy) is 1. The average Bonchev–Trinajstić information content (AvgIpc) is 3.55. The van der Waals surface area contributed by atoms with E-state index in [4.69, 9.17) is 4.74 Å². The van der Waals surface area contributed by atoms with Crippen molar-refractivity contribution in [2.75, 3.05) is 4.72 Å². The van der Waals surface area contributed by atoms with E-state index in [9.17, 15) is 18.3 Å². The molecule has 0 amide bonds. The van der Waals surface area contributed by atoms with E-state index >= 15 is 0 Å². The van der Waals surface area contributed by atoms with Gasteiger partial charge in [0.05, 0.1) is 11.1 Å². The van der Waals surface area contributed by atoms with Crippen LogP contribution >= 0.6 is 11.3 Å². The molecule has 0 bridgehead atoms. The number of hydrogen-bond donors (Lipinski definition) is 2. The summed E-state index contributed by atoms with van der Waals surface area (Å²) in [4.78, 5) is 17.6. The SMILES string of the molecule is CCC(C1=C(O)CC(CCc2ccccc2)(CCc2ccccc2)OC1=O)c1cccc(NS(=O)(=O)c2cscn2)c1. The van der Waals surface area contributed by atoms with Gasteiger partial charge in [-0.3, -0.25) is 4.72 Å². The van der Waals surface area contributed by atoms with Crippen molar-refractivity contribution in [2.45, 2.75) is 62.0 Å². The third-order valence-corrected chi connectivity index (χ3v) is 9.75. The molecule has 0 aliphatic carbocycles. The van der Waals surface area contributed by atoms with Crippen LogP contribution in [0.1, 0.15) is 55.2 Å². The summed E-state index contributed by atoms with van der Waals surface area (Å²) in [7, 11) is -3.84. The number of aryl methyl sites for hydroxylation is 2. The number of anilines is 1. The van der Waals surface area contributed by atoms with Crippen LogP contribution < -0.4 is 4.72 Å². The fourth-order valence-electron chi connectivity index (χ4n) is 5.55. The van der Waals surface area contributed by atoms with Crippen molar-refractivity contribution in [1.82, 2.24) is 4.98 Å². The lowest BCUT2D eigenvalue weighted by molar-refractivity contribution is -0.161. The second-order valence-corrected chi connectivity index (χ2v) is 12.9. The van der Waals surface area contributed by atoms with Crippen LogP contribution in [0.3, 0.4) is 0 Å². The summed E-state index contributed by atoms with van der Waals surface area (Å²) in [5, 5.41) is 12.9. The number of carbonyl (C=O) groups excluding carboxylic acids is 1. The zero-order chi connectivity index (χ0) is 29.6. The molecule has 1 aliphatic rings. The summed E-state index contributed by atoms with van der Waals surface area (Å²) >= 11 is 1.20. The topological polar surface area (TPSA) is 106 Å². The summed E-state index contributed by atoms with van der Waals surface area (Å²) in [5.41, 5.74) is 4.18. The molecule has 1 unspecified atom stereocenters. The lowest BCUT2D eigenvalue weighted by atomic mass is 9.79. The monoisotopic (exact) mass is 602 g/mol. The lowest BCUT2D eigenvalue weighted by Crippen LogP contribution is -2.42. The van der Waals surface area contributed by atoms with Crippen molar-refractivity contribution in [3.8, 4) is 0 Å². The summed E-state index contributed by atoms with van der Waals surface area (Å²) in [6.07, 6.45) is 3.32. The van der Waals surface area contributed by atoms with Gasteiger partial charge in [-0.2, -0.15) is 8.42 Å². The molecule has 2 heterocycles. The number of hydrogen-bond acceptors (Lipinski definition) is 7. The van der Waals surface area contributed by atoms with Gasteiger partial charge in [-0.1, -0.05) is 79.7 Å². The first-order valence-corrected chi connectivity index (χ1v) is 16.5. The molecular formula is C33H34N2O5S2.